The number of para-hydroxylation sites is 1. The monoisotopic (exact) mass is 145 g/mol. The van der Waals surface area contributed by atoms with Crippen LogP contribution in [-0.4, -0.2) is 0 Å². The minimum Gasteiger partial charge on any atom is -0.398 e. The lowest BCUT2D eigenvalue weighted by atomic mass is 10.2. The van der Waals surface area contributed by atoms with Gasteiger partial charge in [-0.3, -0.25) is 0 Å². The molecule has 0 aliphatic heterocycles. The van der Waals surface area contributed by atoms with Gasteiger partial charge in [-0.15, -0.1) is 0 Å². The molecule has 0 aliphatic rings. The molecule has 1 rings (SSSR count). The molecule has 0 spiro atoms. The minimum absolute atomic E-state index is 0.797. The van der Waals surface area contributed by atoms with Crippen LogP contribution in [0.15, 0.2) is 43.0 Å². The van der Waals surface area contributed by atoms with Crippen molar-refractivity contribution in [2.24, 2.45) is 0 Å². The van der Waals surface area contributed by atoms with Crippen LogP contribution in [0.4, 0.5) is 5.69 Å². The Balaban J connectivity index is 2.94. The van der Waals surface area contributed by atoms with E-state index in [0.717, 1.165) is 11.3 Å². The van der Waals surface area contributed by atoms with E-state index in [0.29, 0.717) is 0 Å². The minimum atomic E-state index is 0.797. The first-order valence-electron chi connectivity index (χ1n) is 3.48. The lowest BCUT2D eigenvalue weighted by Crippen LogP contribution is -1.86. The van der Waals surface area contributed by atoms with Crippen LogP contribution in [0, 0.1) is 0 Å². The van der Waals surface area contributed by atoms with Gasteiger partial charge in [-0.25, -0.2) is 0 Å². The summed E-state index contributed by atoms with van der Waals surface area (Å²) in [6.07, 6.45) is 5.53. The van der Waals surface area contributed by atoms with Gasteiger partial charge in [0.15, 0.2) is 0 Å². The average molecular weight is 145 g/mol. The maximum absolute atomic E-state index is 5.68. The van der Waals surface area contributed by atoms with Gasteiger partial charge in [0.25, 0.3) is 0 Å². The van der Waals surface area contributed by atoms with Crippen LogP contribution in [-0.2, 0) is 0 Å². The molecule has 1 aromatic carbocycles. The molecule has 1 nitrogen and oxygen atoms in total. The molecule has 0 fully saturated rings. The standard InChI is InChI=1S/C10H11N/c1-2-3-6-9-7-4-5-8-10(9)11/h2-8H,1,11H2. The molecule has 0 aromatic heterocycles. The van der Waals surface area contributed by atoms with Crippen molar-refractivity contribution < 1.29 is 0 Å². The number of anilines is 1. The first-order valence-corrected chi connectivity index (χ1v) is 3.48. The quantitative estimate of drug-likeness (QED) is 0.502. The number of allylic oxidation sites excluding steroid dienone is 2. The molecule has 0 amide bonds. The first-order chi connectivity index (χ1) is 5.34. The molecule has 0 aliphatic carbocycles. The molecular weight excluding hydrogens is 134 g/mol. The molecule has 0 unspecified atom stereocenters. The number of hydrogen-bond acceptors (Lipinski definition) is 1. The van der Waals surface area contributed by atoms with E-state index < -0.39 is 0 Å². The summed E-state index contributed by atoms with van der Waals surface area (Å²) in [5.74, 6) is 0. The van der Waals surface area contributed by atoms with Gasteiger partial charge in [0.05, 0.1) is 0 Å². The molecule has 1 aromatic rings. The Labute approximate surface area is 66.9 Å². The van der Waals surface area contributed by atoms with Gasteiger partial charge >= 0.3 is 0 Å². The number of nitrogens with two attached hydrogens (primary N) is 1. The zero-order valence-corrected chi connectivity index (χ0v) is 6.33. The summed E-state index contributed by atoms with van der Waals surface area (Å²) >= 11 is 0. The highest BCUT2D eigenvalue weighted by atomic mass is 14.5. The highest BCUT2D eigenvalue weighted by Crippen LogP contribution is 2.11. The van der Waals surface area contributed by atoms with Crippen LogP contribution >= 0.6 is 0 Å². The zero-order valence-electron chi connectivity index (χ0n) is 6.33. The van der Waals surface area contributed by atoms with Crippen molar-refractivity contribution in [1.82, 2.24) is 0 Å². The van der Waals surface area contributed by atoms with Gasteiger partial charge in [-0.2, -0.15) is 0 Å². The Bertz CT molecular complexity index is 274. The normalized spacial score (nSPS) is 10.2. The van der Waals surface area contributed by atoms with Crippen molar-refractivity contribution in [2.45, 2.75) is 0 Å². The topological polar surface area (TPSA) is 26.0 Å². The largest absolute Gasteiger partial charge is 0.398 e. The number of rotatable bonds is 2. The highest BCUT2D eigenvalue weighted by molar-refractivity contribution is 5.64. The Morgan fingerprint density at radius 3 is 2.64 bits per heavy atom. The predicted octanol–water partition coefficient (Wildman–Crippen LogP) is 2.47. The Morgan fingerprint density at radius 1 is 1.27 bits per heavy atom. The third-order valence-electron chi connectivity index (χ3n) is 1.41. The number of nitrogen functional groups attached to an aromatic ring is 1. The van der Waals surface area contributed by atoms with E-state index in [1.54, 1.807) is 6.08 Å². The maximum atomic E-state index is 5.68. The van der Waals surface area contributed by atoms with Crippen LogP contribution < -0.4 is 5.73 Å². The SMILES string of the molecule is C=CC=Cc1ccccc1N. The molecule has 2 N–H and O–H groups in total. The number of benzene rings is 1. The summed E-state index contributed by atoms with van der Waals surface area (Å²) in [4.78, 5) is 0. The molecule has 1 heteroatoms. The second kappa shape index (κ2) is 3.62. The lowest BCUT2D eigenvalue weighted by molar-refractivity contribution is 1.64. The average Bonchev–Trinajstić information content (AvgIpc) is 2.03. The Kier molecular flexibility index (Phi) is 2.50. The molecule has 56 valence electrons. The molecular formula is C10H11N. The van der Waals surface area contributed by atoms with E-state index in [1.807, 2.05) is 36.4 Å². The number of hydrogen-bond donors (Lipinski definition) is 1. The Morgan fingerprint density at radius 2 is 2.00 bits per heavy atom. The van der Waals surface area contributed by atoms with E-state index >= 15 is 0 Å². The van der Waals surface area contributed by atoms with Crippen molar-refractivity contribution >= 4 is 11.8 Å². The fourth-order valence-electron chi connectivity index (χ4n) is 0.834. The van der Waals surface area contributed by atoms with Crippen molar-refractivity contribution in [3.05, 3.63) is 48.6 Å². The third-order valence-corrected chi connectivity index (χ3v) is 1.41. The molecule has 0 atom stereocenters. The summed E-state index contributed by atoms with van der Waals surface area (Å²) < 4.78 is 0. The molecule has 11 heavy (non-hydrogen) atoms. The van der Waals surface area contributed by atoms with E-state index in [-0.39, 0.29) is 0 Å². The second-order valence-corrected chi connectivity index (χ2v) is 2.22. The predicted molar refractivity (Wildman–Crippen MR) is 50.1 cm³/mol. The van der Waals surface area contributed by atoms with Crippen LogP contribution in [0.3, 0.4) is 0 Å². The zero-order chi connectivity index (χ0) is 8.10. The van der Waals surface area contributed by atoms with E-state index in [2.05, 4.69) is 6.58 Å². The molecule has 0 saturated heterocycles. The highest BCUT2D eigenvalue weighted by Gasteiger charge is 1.88. The Hall–Kier alpha value is -1.50. The van der Waals surface area contributed by atoms with Crippen LogP contribution in [0.5, 0.6) is 0 Å². The van der Waals surface area contributed by atoms with E-state index in [4.69, 9.17) is 5.73 Å². The van der Waals surface area contributed by atoms with Gasteiger partial charge in [-0.05, 0) is 11.6 Å². The second-order valence-electron chi connectivity index (χ2n) is 2.22. The van der Waals surface area contributed by atoms with Gasteiger partial charge in [-0.1, -0.05) is 43.0 Å². The van der Waals surface area contributed by atoms with Gasteiger partial charge in [0.2, 0.25) is 0 Å². The summed E-state index contributed by atoms with van der Waals surface area (Å²) in [6, 6.07) is 7.72. The summed E-state index contributed by atoms with van der Waals surface area (Å²) in [5.41, 5.74) is 7.51. The van der Waals surface area contributed by atoms with Gasteiger partial charge < -0.3 is 5.73 Å². The molecule has 0 bridgehead atoms. The molecule has 0 heterocycles. The third kappa shape index (κ3) is 1.97. The first kappa shape index (κ1) is 7.61. The van der Waals surface area contributed by atoms with Gasteiger partial charge in [0.1, 0.15) is 0 Å². The van der Waals surface area contributed by atoms with Crippen LogP contribution in [0.2, 0.25) is 0 Å². The molecule has 0 saturated carbocycles. The summed E-state index contributed by atoms with van der Waals surface area (Å²) in [5, 5.41) is 0. The van der Waals surface area contributed by atoms with Crippen molar-refractivity contribution in [1.29, 1.82) is 0 Å². The van der Waals surface area contributed by atoms with E-state index in [1.165, 1.54) is 0 Å². The van der Waals surface area contributed by atoms with Crippen molar-refractivity contribution in [3.63, 3.8) is 0 Å². The summed E-state index contributed by atoms with van der Waals surface area (Å²) in [6.45, 7) is 3.58. The maximum Gasteiger partial charge on any atom is 0.0387 e. The fraction of sp³-hybridized carbons (Fsp3) is 0. The van der Waals surface area contributed by atoms with E-state index in [9.17, 15) is 0 Å². The van der Waals surface area contributed by atoms with Crippen molar-refractivity contribution in [3.8, 4) is 0 Å². The lowest BCUT2D eigenvalue weighted by Gasteiger charge is -1.96. The van der Waals surface area contributed by atoms with Crippen LogP contribution in [0.25, 0.3) is 6.08 Å². The fourth-order valence-corrected chi connectivity index (χ4v) is 0.834. The smallest absolute Gasteiger partial charge is 0.0387 e. The summed E-state index contributed by atoms with van der Waals surface area (Å²) in [7, 11) is 0. The van der Waals surface area contributed by atoms with Crippen molar-refractivity contribution in [2.75, 3.05) is 5.73 Å². The van der Waals surface area contributed by atoms with Gasteiger partial charge in [0, 0.05) is 5.69 Å². The molecule has 0 radical (unpaired) electrons. The van der Waals surface area contributed by atoms with Crippen LogP contribution in [0.1, 0.15) is 5.56 Å².